The average molecular weight is 322 g/mol. The molecule has 2 N–H and O–H groups in total. The second-order valence-corrected chi connectivity index (χ2v) is 5.79. The molecule has 0 aliphatic rings. The molecule has 0 bridgehead atoms. The molecule has 2 aromatic rings. The number of hydrogen-bond donors (Lipinski definition) is 1. The molecule has 0 radical (unpaired) electrons. The highest BCUT2D eigenvalue weighted by Crippen LogP contribution is 2.29. The van der Waals surface area contributed by atoms with Crippen molar-refractivity contribution in [3.63, 3.8) is 0 Å². The molecule has 19 heavy (non-hydrogen) atoms. The smallest absolute Gasteiger partial charge is 0.112 e. The lowest BCUT2D eigenvalue weighted by Gasteiger charge is -2.06. The molecule has 1 heterocycles. The number of rotatable bonds is 4. The minimum Gasteiger partial charge on any atom is -0.330 e. The number of halogens is 1. The Morgan fingerprint density at radius 3 is 2.42 bits per heavy atom. The van der Waals surface area contributed by atoms with Crippen LogP contribution in [0.3, 0.4) is 0 Å². The van der Waals surface area contributed by atoms with E-state index in [2.05, 4.69) is 63.6 Å². The Kier molecular flexibility index (Phi) is 4.42. The van der Waals surface area contributed by atoms with Crippen molar-refractivity contribution in [2.24, 2.45) is 12.8 Å². The van der Waals surface area contributed by atoms with Gasteiger partial charge in [0.05, 0.1) is 0 Å². The second-order valence-electron chi connectivity index (χ2n) is 5.04. The molecule has 1 aromatic carbocycles. The number of hydrogen-bond acceptors (Lipinski definition) is 2. The zero-order valence-electron chi connectivity index (χ0n) is 11.7. The van der Waals surface area contributed by atoms with Gasteiger partial charge in [0.25, 0.3) is 0 Å². The number of imidazole rings is 1. The fourth-order valence-corrected chi connectivity index (χ4v) is 2.61. The molecule has 0 aliphatic carbocycles. The van der Waals surface area contributed by atoms with Gasteiger partial charge in [0.1, 0.15) is 16.1 Å². The van der Waals surface area contributed by atoms with Gasteiger partial charge in [0.15, 0.2) is 0 Å². The molecule has 1 aromatic heterocycles. The molecule has 102 valence electrons. The number of nitrogens with two attached hydrogens (primary N) is 1. The van der Waals surface area contributed by atoms with Gasteiger partial charge >= 0.3 is 0 Å². The Bertz CT molecular complexity index is 556. The molecule has 0 saturated heterocycles. The van der Waals surface area contributed by atoms with Crippen molar-refractivity contribution in [2.45, 2.75) is 26.2 Å². The Hall–Kier alpha value is -1.13. The van der Waals surface area contributed by atoms with Crippen molar-refractivity contribution < 1.29 is 0 Å². The predicted octanol–water partition coefficient (Wildman–Crippen LogP) is 3.47. The quantitative estimate of drug-likeness (QED) is 0.937. The van der Waals surface area contributed by atoms with Crippen molar-refractivity contribution in [1.82, 2.24) is 9.55 Å². The van der Waals surface area contributed by atoms with Crippen LogP contribution in [-0.4, -0.2) is 16.1 Å². The van der Waals surface area contributed by atoms with E-state index in [-0.39, 0.29) is 0 Å². The molecule has 0 saturated carbocycles. The molecular weight excluding hydrogens is 302 g/mol. The first-order chi connectivity index (χ1) is 9.04. The SMILES string of the molecule is CC(C)c1ccc(-c2nc(CCN)n(C)c2Br)cc1. The van der Waals surface area contributed by atoms with Crippen LogP contribution >= 0.6 is 15.9 Å². The van der Waals surface area contributed by atoms with Crippen LogP contribution in [0.4, 0.5) is 0 Å². The van der Waals surface area contributed by atoms with Gasteiger partial charge in [-0.2, -0.15) is 0 Å². The Morgan fingerprint density at radius 1 is 1.26 bits per heavy atom. The van der Waals surface area contributed by atoms with Crippen molar-refractivity contribution in [3.05, 3.63) is 40.3 Å². The summed E-state index contributed by atoms with van der Waals surface area (Å²) in [6.45, 7) is 5.01. The fourth-order valence-electron chi connectivity index (χ4n) is 2.08. The molecule has 0 spiro atoms. The van der Waals surface area contributed by atoms with Crippen LogP contribution in [0.5, 0.6) is 0 Å². The third-order valence-corrected chi connectivity index (χ3v) is 4.24. The van der Waals surface area contributed by atoms with Crippen molar-refractivity contribution in [1.29, 1.82) is 0 Å². The highest BCUT2D eigenvalue weighted by atomic mass is 79.9. The van der Waals surface area contributed by atoms with Crippen LogP contribution in [0.1, 0.15) is 31.2 Å². The lowest BCUT2D eigenvalue weighted by Crippen LogP contribution is -2.07. The van der Waals surface area contributed by atoms with Crippen LogP contribution in [0, 0.1) is 0 Å². The predicted molar refractivity (Wildman–Crippen MR) is 83.2 cm³/mol. The van der Waals surface area contributed by atoms with Gasteiger partial charge in [0.2, 0.25) is 0 Å². The van der Waals surface area contributed by atoms with E-state index in [1.165, 1.54) is 5.56 Å². The monoisotopic (exact) mass is 321 g/mol. The first-order valence-electron chi connectivity index (χ1n) is 6.56. The van der Waals surface area contributed by atoms with E-state index in [9.17, 15) is 0 Å². The molecule has 0 amide bonds. The molecule has 3 nitrogen and oxygen atoms in total. The van der Waals surface area contributed by atoms with Gasteiger partial charge < -0.3 is 10.3 Å². The van der Waals surface area contributed by atoms with E-state index in [1.807, 2.05) is 7.05 Å². The van der Waals surface area contributed by atoms with Crippen molar-refractivity contribution in [3.8, 4) is 11.3 Å². The Morgan fingerprint density at radius 2 is 1.89 bits per heavy atom. The molecule has 0 fully saturated rings. The number of nitrogens with zero attached hydrogens (tertiary/aromatic N) is 2. The average Bonchev–Trinajstić information content (AvgIpc) is 2.68. The summed E-state index contributed by atoms with van der Waals surface area (Å²) in [6.07, 6.45) is 0.791. The van der Waals surface area contributed by atoms with E-state index in [1.54, 1.807) is 0 Å². The largest absolute Gasteiger partial charge is 0.330 e. The Balaban J connectivity index is 2.38. The Labute approximate surface area is 123 Å². The first kappa shape index (κ1) is 14.3. The highest BCUT2D eigenvalue weighted by molar-refractivity contribution is 9.10. The summed E-state index contributed by atoms with van der Waals surface area (Å²) in [5.41, 5.74) is 9.08. The minimum absolute atomic E-state index is 0.550. The summed E-state index contributed by atoms with van der Waals surface area (Å²) in [4.78, 5) is 4.68. The molecular formula is C15H20BrN3. The lowest BCUT2D eigenvalue weighted by atomic mass is 10.0. The maximum absolute atomic E-state index is 5.61. The topological polar surface area (TPSA) is 43.8 Å². The van der Waals surface area contributed by atoms with Gasteiger partial charge in [0, 0.05) is 19.0 Å². The summed E-state index contributed by atoms with van der Waals surface area (Å²) in [7, 11) is 2.01. The summed E-state index contributed by atoms with van der Waals surface area (Å²) in [6, 6.07) is 8.61. The van der Waals surface area contributed by atoms with Gasteiger partial charge in [-0.3, -0.25) is 0 Å². The van der Waals surface area contributed by atoms with Gasteiger partial charge in [-0.1, -0.05) is 38.1 Å². The minimum atomic E-state index is 0.550. The third kappa shape index (κ3) is 2.90. The van der Waals surface area contributed by atoms with Crippen LogP contribution < -0.4 is 5.73 Å². The standard InChI is InChI=1S/C15H20BrN3/c1-10(2)11-4-6-12(7-5-11)14-15(16)19(3)13(18-14)8-9-17/h4-7,10H,8-9,17H2,1-3H3. The van der Waals surface area contributed by atoms with Crippen LogP contribution in [0.15, 0.2) is 28.9 Å². The summed E-state index contributed by atoms with van der Waals surface area (Å²) in [5, 5.41) is 0. The van der Waals surface area contributed by atoms with E-state index in [0.717, 1.165) is 28.1 Å². The molecule has 0 atom stereocenters. The van der Waals surface area contributed by atoms with E-state index >= 15 is 0 Å². The summed E-state index contributed by atoms with van der Waals surface area (Å²) >= 11 is 3.61. The third-order valence-electron chi connectivity index (χ3n) is 3.34. The van der Waals surface area contributed by atoms with Gasteiger partial charge in [-0.15, -0.1) is 0 Å². The van der Waals surface area contributed by atoms with Crippen LogP contribution in [0.25, 0.3) is 11.3 Å². The first-order valence-corrected chi connectivity index (χ1v) is 7.35. The van der Waals surface area contributed by atoms with Crippen molar-refractivity contribution in [2.75, 3.05) is 6.54 Å². The molecule has 0 unspecified atom stereocenters. The van der Waals surface area contributed by atoms with E-state index in [4.69, 9.17) is 5.73 Å². The fraction of sp³-hybridized carbons (Fsp3) is 0.400. The summed E-state index contributed by atoms with van der Waals surface area (Å²) < 4.78 is 3.06. The molecule has 4 heteroatoms. The summed E-state index contributed by atoms with van der Waals surface area (Å²) in [5.74, 6) is 1.56. The van der Waals surface area contributed by atoms with Gasteiger partial charge in [-0.05, 0) is 34.0 Å². The second kappa shape index (κ2) is 5.88. The lowest BCUT2D eigenvalue weighted by molar-refractivity contribution is 0.767. The van der Waals surface area contributed by atoms with Crippen LogP contribution in [-0.2, 0) is 13.5 Å². The molecule has 2 rings (SSSR count). The molecule has 0 aliphatic heterocycles. The van der Waals surface area contributed by atoms with E-state index in [0.29, 0.717) is 12.5 Å². The van der Waals surface area contributed by atoms with E-state index < -0.39 is 0 Å². The van der Waals surface area contributed by atoms with Gasteiger partial charge in [-0.25, -0.2) is 4.98 Å². The zero-order chi connectivity index (χ0) is 14.0. The maximum Gasteiger partial charge on any atom is 0.112 e. The van der Waals surface area contributed by atoms with Crippen LogP contribution in [0.2, 0.25) is 0 Å². The maximum atomic E-state index is 5.61. The number of benzene rings is 1. The number of aromatic nitrogens is 2. The highest BCUT2D eigenvalue weighted by Gasteiger charge is 2.13. The van der Waals surface area contributed by atoms with Crippen molar-refractivity contribution >= 4 is 15.9 Å². The normalized spacial score (nSPS) is 11.3. The zero-order valence-corrected chi connectivity index (χ0v) is 13.2.